The first-order chi connectivity index (χ1) is 10.4. The number of nitrogens with two attached hydrogens (primary N) is 1. The molecule has 3 unspecified atom stereocenters. The van der Waals surface area contributed by atoms with Crippen LogP contribution in [0.15, 0.2) is 9.98 Å². The molecule has 0 bridgehead atoms. The molecule has 5 N–H and O–H groups in total. The van der Waals surface area contributed by atoms with Crippen molar-refractivity contribution in [3.8, 4) is 12.3 Å². The first-order valence-electron chi connectivity index (χ1n) is 6.48. The van der Waals surface area contributed by atoms with Crippen LogP contribution < -0.4 is 11.1 Å². The molecule has 0 radical (unpaired) electrons. The number of nitrogens with one attached hydrogen (secondary N) is 1. The van der Waals surface area contributed by atoms with Crippen LogP contribution in [0.2, 0.25) is 0 Å². The molecule has 0 saturated carbocycles. The second-order valence-corrected chi connectivity index (χ2v) is 5.14. The Bertz CT molecular complexity index is 605. The molecule has 3 aliphatic rings. The molecule has 3 aliphatic heterocycles. The van der Waals surface area contributed by atoms with Gasteiger partial charge in [-0.3, -0.25) is 15.1 Å². The molecule has 118 valence electrons. The smallest absolute Gasteiger partial charge is 0.255 e. The average molecular weight is 311 g/mol. The van der Waals surface area contributed by atoms with Gasteiger partial charge in [-0.15, -0.1) is 6.42 Å². The molecule has 1 saturated heterocycles. The number of fused-ring (bicyclic) bond motifs is 1. The predicted molar refractivity (Wildman–Crippen MR) is 72.1 cm³/mol. The Morgan fingerprint density at radius 1 is 1.68 bits per heavy atom. The molecule has 0 aliphatic carbocycles. The van der Waals surface area contributed by atoms with Gasteiger partial charge in [0, 0.05) is 0 Å². The van der Waals surface area contributed by atoms with Crippen molar-refractivity contribution in [1.82, 2.24) is 10.2 Å². The van der Waals surface area contributed by atoms with E-state index in [-0.39, 0.29) is 5.96 Å². The number of amides is 1. The van der Waals surface area contributed by atoms with E-state index >= 15 is 0 Å². The van der Waals surface area contributed by atoms with E-state index < -0.39 is 48.8 Å². The summed E-state index contributed by atoms with van der Waals surface area (Å²) in [7, 11) is 0. The van der Waals surface area contributed by atoms with Gasteiger partial charge in [0.25, 0.3) is 5.91 Å². The molecule has 0 aromatic heterocycles. The summed E-state index contributed by atoms with van der Waals surface area (Å²) in [6.45, 7) is -0.615. The van der Waals surface area contributed by atoms with Gasteiger partial charge in [0.1, 0.15) is 12.2 Å². The number of halogens is 1. The lowest BCUT2D eigenvalue weighted by molar-refractivity contribution is -0.124. The summed E-state index contributed by atoms with van der Waals surface area (Å²) in [6, 6.07) is -0.914. The molecule has 3 rings (SSSR count). The summed E-state index contributed by atoms with van der Waals surface area (Å²) in [5.74, 6) is 1.24. The summed E-state index contributed by atoms with van der Waals surface area (Å²) in [5, 5.41) is 21.4. The molecule has 1 fully saturated rings. The number of alkyl halides is 1. The highest BCUT2D eigenvalue weighted by atomic mass is 19.1. The SMILES string of the molecule is C#CC1(F)[C@@H](O)[C@@H](CO)O[C@H]1N1C=NC2C(=O)NC(N)=NC21. The van der Waals surface area contributed by atoms with Crippen molar-refractivity contribution in [3.05, 3.63) is 0 Å². The second-order valence-electron chi connectivity index (χ2n) is 5.14. The highest BCUT2D eigenvalue weighted by Gasteiger charge is 2.61. The van der Waals surface area contributed by atoms with Crippen molar-refractivity contribution < 1.29 is 24.1 Å². The normalized spacial score (nSPS) is 43.5. The minimum absolute atomic E-state index is 0.135. The predicted octanol–water partition coefficient (Wildman–Crippen LogP) is -3.11. The zero-order valence-corrected chi connectivity index (χ0v) is 11.3. The fourth-order valence-electron chi connectivity index (χ4n) is 2.71. The standard InChI is InChI=1S/C12H14FN5O4/c1-2-12(13)7(20)5(3-19)22-10(12)18-4-15-6-8(18)16-11(14)17-9(6)21/h1,4-8,10,19-20H,3H2,(H3,14,16,17,21)/t5-,6?,7+,8?,10-,12?/m1/s1. The zero-order valence-electron chi connectivity index (χ0n) is 11.3. The van der Waals surface area contributed by atoms with E-state index in [0.29, 0.717) is 0 Å². The number of nitrogens with zero attached hydrogens (tertiary/aromatic N) is 3. The van der Waals surface area contributed by atoms with Crippen molar-refractivity contribution in [2.45, 2.75) is 36.3 Å². The third-order valence-corrected chi connectivity index (χ3v) is 3.86. The van der Waals surface area contributed by atoms with Crippen molar-refractivity contribution in [1.29, 1.82) is 0 Å². The number of terminal acetylenes is 1. The number of guanidine groups is 1. The highest BCUT2D eigenvalue weighted by Crippen LogP contribution is 2.38. The van der Waals surface area contributed by atoms with Gasteiger partial charge in [-0.2, -0.15) is 0 Å². The van der Waals surface area contributed by atoms with E-state index in [0.717, 1.165) is 0 Å². The number of rotatable bonds is 2. The van der Waals surface area contributed by atoms with Crippen LogP contribution in [0.5, 0.6) is 0 Å². The van der Waals surface area contributed by atoms with Crippen LogP contribution in [0.3, 0.4) is 0 Å². The Kier molecular flexibility index (Phi) is 3.28. The van der Waals surface area contributed by atoms with Gasteiger partial charge in [-0.25, -0.2) is 9.38 Å². The first-order valence-corrected chi connectivity index (χ1v) is 6.48. The maximum atomic E-state index is 14.9. The number of aliphatic hydroxyl groups excluding tert-OH is 2. The molecule has 0 aromatic carbocycles. The van der Waals surface area contributed by atoms with E-state index in [2.05, 4.69) is 15.3 Å². The summed E-state index contributed by atoms with van der Waals surface area (Å²) in [4.78, 5) is 20.9. The van der Waals surface area contributed by atoms with E-state index in [4.69, 9.17) is 22.0 Å². The summed E-state index contributed by atoms with van der Waals surface area (Å²) in [6.07, 6.45) is 1.08. The number of hydrogen-bond donors (Lipinski definition) is 4. The maximum absolute atomic E-state index is 14.9. The van der Waals surface area contributed by atoms with Crippen molar-refractivity contribution in [3.63, 3.8) is 0 Å². The summed E-state index contributed by atoms with van der Waals surface area (Å²) in [5.41, 5.74) is 2.90. The molecule has 9 nitrogen and oxygen atoms in total. The zero-order chi connectivity index (χ0) is 16.1. The Morgan fingerprint density at radius 3 is 3.05 bits per heavy atom. The van der Waals surface area contributed by atoms with Crippen LogP contribution in [0.1, 0.15) is 0 Å². The van der Waals surface area contributed by atoms with E-state index in [1.54, 1.807) is 0 Å². The monoisotopic (exact) mass is 311 g/mol. The number of aliphatic imine (C=N–C) groups is 2. The van der Waals surface area contributed by atoms with Crippen LogP contribution in [-0.2, 0) is 9.53 Å². The lowest BCUT2D eigenvalue weighted by atomic mass is 9.96. The van der Waals surface area contributed by atoms with Gasteiger partial charge in [0.2, 0.25) is 5.67 Å². The quantitative estimate of drug-likeness (QED) is 0.399. The molecule has 1 amide bonds. The van der Waals surface area contributed by atoms with Crippen LogP contribution >= 0.6 is 0 Å². The van der Waals surface area contributed by atoms with Crippen LogP contribution in [0.25, 0.3) is 0 Å². The Hall–Kier alpha value is -2.22. The van der Waals surface area contributed by atoms with Crippen molar-refractivity contribution in [2.24, 2.45) is 15.7 Å². The molecular weight excluding hydrogens is 297 g/mol. The lowest BCUT2D eigenvalue weighted by Crippen LogP contribution is -2.58. The molecule has 22 heavy (non-hydrogen) atoms. The average Bonchev–Trinajstić information content (AvgIpc) is 3.00. The third kappa shape index (κ3) is 1.87. The minimum Gasteiger partial charge on any atom is -0.394 e. The number of carbonyl (C=O) groups excluding carboxylic acids is 1. The molecule has 3 heterocycles. The van der Waals surface area contributed by atoms with Crippen LogP contribution in [0.4, 0.5) is 4.39 Å². The Balaban J connectivity index is 1.94. The molecular formula is C12H14FN5O4. The molecule has 10 heteroatoms. The van der Waals surface area contributed by atoms with E-state index in [1.165, 1.54) is 11.2 Å². The number of ether oxygens (including phenoxy) is 1. The number of hydrogen-bond acceptors (Lipinski definition) is 8. The van der Waals surface area contributed by atoms with E-state index in [1.807, 2.05) is 5.92 Å². The Labute approximate surface area is 124 Å². The first kappa shape index (κ1) is 14.7. The number of aliphatic hydroxyl groups is 2. The lowest BCUT2D eigenvalue weighted by Gasteiger charge is -2.35. The van der Waals surface area contributed by atoms with Crippen molar-refractivity contribution in [2.75, 3.05) is 6.61 Å². The summed E-state index contributed by atoms with van der Waals surface area (Å²) < 4.78 is 20.2. The van der Waals surface area contributed by atoms with Gasteiger partial charge in [-0.05, 0) is 0 Å². The topological polar surface area (TPSA) is 133 Å². The minimum atomic E-state index is -2.59. The van der Waals surface area contributed by atoms with Crippen LogP contribution in [-0.4, -0.2) is 76.2 Å². The largest absolute Gasteiger partial charge is 0.394 e. The molecule has 0 spiro atoms. The highest BCUT2D eigenvalue weighted by molar-refractivity contribution is 6.02. The van der Waals surface area contributed by atoms with Crippen LogP contribution in [0, 0.1) is 12.3 Å². The van der Waals surface area contributed by atoms with E-state index in [9.17, 15) is 14.3 Å². The van der Waals surface area contributed by atoms with Crippen molar-refractivity contribution >= 4 is 18.2 Å². The third-order valence-electron chi connectivity index (χ3n) is 3.86. The Morgan fingerprint density at radius 2 is 2.41 bits per heavy atom. The number of carbonyl (C=O) groups is 1. The summed E-state index contributed by atoms with van der Waals surface area (Å²) >= 11 is 0. The van der Waals surface area contributed by atoms with Gasteiger partial charge in [0.15, 0.2) is 24.4 Å². The molecule has 6 atom stereocenters. The fourth-order valence-corrected chi connectivity index (χ4v) is 2.71. The van der Waals surface area contributed by atoms with Gasteiger partial charge < -0.3 is 25.6 Å². The van der Waals surface area contributed by atoms with Gasteiger partial charge in [-0.1, -0.05) is 5.92 Å². The molecule has 0 aromatic rings. The fraction of sp³-hybridized carbons (Fsp3) is 0.583. The van der Waals surface area contributed by atoms with Gasteiger partial charge in [0.05, 0.1) is 12.9 Å². The second kappa shape index (κ2) is 4.91. The maximum Gasteiger partial charge on any atom is 0.255 e. The van der Waals surface area contributed by atoms with Gasteiger partial charge >= 0.3 is 0 Å².